The average Bonchev–Trinajstić information content (AvgIpc) is 3.40. The normalized spacial score (nSPS) is 15.6. The number of rotatable bonds is 7. The Labute approximate surface area is 200 Å². The van der Waals surface area contributed by atoms with E-state index in [0.29, 0.717) is 25.2 Å². The van der Waals surface area contributed by atoms with Crippen molar-refractivity contribution in [3.05, 3.63) is 64.8 Å². The molecule has 1 aliphatic rings. The average molecular weight is 502 g/mol. The van der Waals surface area contributed by atoms with Gasteiger partial charge in [0.2, 0.25) is 11.0 Å². The number of halogens is 1. The highest BCUT2D eigenvalue weighted by molar-refractivity contribution is 8.18. The number of thioether (sulfide) groups is 2. The summed E-state index contributed by atoms with van der Waals surface area (Å²) in [5.74, 6) is -0.0121. The van der Waals surface area contributed by atoms with Crippen molar-refractivity contribution < 1.29 is 18.7 Å². The van der Waals surface area contributed by atoms with E-state index in [1.807, 2.05) is 24.3 Å². The molecule has 2 aromatic carbocycles. The Bertz CT molecular complexity index is 1230. The van der Waals surface area contributed by atoms with Gasteiger partial charge in [0.25, 0.3) is 5.91 Å². The number of nitrogens with one attached hydrogen (secondary N) is 2. The number of carbonyl (C=O) groups is 2. The highest BCUT2D eigenvalue weighted by atomic mass is 32.2. The number of nitrogens with zero attached hydrogens (tertiary/aromatic N) is 3. The molecule has 0 bridgehead atoms. The minimum Gasteiger partial charge on any atom is -0.497 e. The Hall–Kier alpha value is -3.22. The van der Waals surface area contributed by atoms with E-state index in [2.05, 4.69) is 25.8 Å². The van der Waals surface area contributed by atoms with Crippen molar-refractivity contribution in [2.45, 2.75) is 4.34 Å². The molecule has 2 heterocycles. The fourth-order valence-electron chi connectivity index (χ4n) is 2.58. The van der Waals surface area contributed by atoms with Crippen LogP contribution in [0.3, 0.4) is 0 Å². The molecule has 3 aromatic rings. The molecule has 0 atom stereocenters. The maximum Gasteiger partial charge on any atom is 0.264 e. The summed E-state index contributed by atoms with van der Waals surface area (Å²) in [5.41, 5.74) is 1.38. The van der Waals surface area contributed by atoms with Crippen LogP contribution in [0.2, 0.25) is 0 Å². The second-order valence-electron chi connectivity index (χ2n) is 6.45. The zero-order chi connectivity index (χ0) is 23.2. The van der Waals surface area contributed by atoms with Gasteiger partial charge in [0.15, 0.2) is 9.51 Å². The van der Waals surface area contributed by atoms with Crippen LogP contribution in [-0.2, 0) is 9.59 Å². The van der Waals surface area contributed by atoms with Gasteiger partial charge in [-0.1, -0.05) is 35.2 Å². The highest BCUT2D eigenvalue weighted by Gasteiger charge is 2.24. The van der Waals surface area contributed by atoms with E-state index < -0.39 is 0 Å². The van der Waals surface area contributed by atoms with Gasteiger partial charge >= 0.3 is 0 Å². The number of anilines is 1. The first-order valence-electron chi connectivity index (χ1n) is 9.44. The lowest BCUT2D eigenvalue weighted by atomic mass is 10.2. The standard InChI is InChI=1S/C21H16FN5O3S3/c1-30-15-8-2-12(3-9-15)10-16-18(29)24-19(32-16)25-20-26-27-21(33-20)31-11-17(28)23-14-6-4-13(22)5-7-14/h2-10H,11H2,1H3,(H,23,28)(H,24,25,26,29)/b16-10-. The lowest BCUT2D eigenvalue weighted by molar-refractivity contribution is -0.115. The quantitative estimate of drug-likeness (QED) is 0.367. The molecule has 1 aromatic heterocycles. The second kappa shape index (κ2) is 10.6. The third-order valence-corrected chi connectivity index (χ3v) is 6.97. The summed E-state index contributed by atoms with van der Waals surface area (Å²) in [5, 5.41) is 14.2. The first kappa shape index (κ1) is 23.0. The lowest BCUT2D eigenvalue weighted by Gasteiger charge is -2.03. The van der Waals surface area contributed by atoms with Gasteiger partial charge in [-0.2, -0.15) is 4.99 Å². The van der Waals surface area contributed by atoms with Gasteiger partial charge in [0.1, 0.15) is 11.6 Å². The second-order valence-corrected chi connectivity index (χ2v) is 9.66. The van der Waals surface area contributed by atoms with E-state index in [9.17, 15) is 14.0 Å². The molecule has 1 saturated heterocycles. The van der Waals surface area contributed by atoms with Gasteiger partial charge in [0.05, 0.1) is 17.8 Å². The predicted octanol–water partition coefficient (Wildman–Crippen LogP) is 4.31. The van der Waals surface area contributed by atoms with Gasteiger partial charge in [-0.05, 0) is 59.8 Å². The summed E-state index contributed by atoms with van der Waals surface area (Å²) in [6, 6.07) is 12.9. The molecular formula is C21H16FN5O3S3. The van der Waals surface area contributed by atoms with E-state index in [0.717, 1.165) is 11.3 Å². The minimum absolute atomic E-state index is 0.114. The number of amides is 2. The van der Waals surface area contributed by atoms with Crippen LogP contribution >= 0.6 is 34.9 Å². The van der Waals surface area contributed by atoms with Crippen molar-refractivity contribution >= 4 is 68.7 Å². The molecule has 12 heteroatoms. The Kier molecular flexibility index (Phi) is 7.37. The fourth-order valence-corrected chi connectivity index (χ4v) is 4.98. The summed E-state index contributed by atoms with van der Waals surface area (Å²) in [6.45, 7) is 0. The summed E-state index contributed by atoms with van der Waals surface area (Å²) in [7, 11) is 1.59. The van der Waals surface area contributed by atoms with Crippen LogP contribution in [0.5, 0.6) is 5.75 Å². The van der Waals surface area contributed by atoms with Crippen molar-refractivity contribution in [2.24, 2.45) is 4.99 Å². The van der Waals surface area contributed by atoms with Gasteiger partial charge in [-0.25, -0.2) is 4.39 Å². The minimum atomic E-state index is -0.370. The summed E-state index contributed by atoms with van der Waals surface area (Å²) in [6.07, 6.45) is 1.77. The zero-order valence-corrected chi connectivity index (χ0v) is 19.5. The number of aromatic nitrogens is 2. The summed E-state index contributed by atoms with van der Waals surface area (Å²) >= 11 is 3.62. The lowest BCUT2D eigenvalue weighted by Crippen LogP contribution is -2.19. The number of methoxy groups -OCH3 is 1. The molecule has 0 unspecified atom stereocenters. The van der Waals surface area contributed by atoms with E-state index in [1.54, 1.807) is 13.2 Å². The highest BCUT2D eigenvalue weighted by Crippen LogP contribution is 2.31. The van der Waals surface area contributed by atoms with Crippen LogP contribution < -0.4 is 15.4 Å². The van der Waals surface area contributed by atoms with Crippen molar-refractivity contribution in [3.63, 3.8) is 0 Å². The maximum atomic E-state index is 12.9. The SMILES string of the molecule is COc1ccc(/C=C2\S/C(=N/c3nnc(SCC(=O)Nc4ccc(F)cc4)s3)NC2=O)cc1. The number of carbonyl (C=O) groups excluding carboxylic acids is 2. The molecule has 0 aliphatic carbocycles. The molecule has 168 valence electrons. The van der Waals surface area contributed by atoms with Crippen molar-refractivity contribution in [2.75, 3.05) is 18.2 Å². The van der Waals surface area contributed by atoms with E-state index in [-0.39, 0.29) is 23.4 Å². The molecular weight excluding hydrogens is 485 g/mol. The van der Waals surface area contributed by atoms with Crippen molar-refractivity contribution in [1.29, 1.82) is 0 Å². The van der Waals surface area contributed by atoms with Crippen molar-refractivity contribution in [3.8, 4) is 5.75 Å². The molecule has 1 aliphatic heterocycles. The number of ether oxygens (including phenoxy) is 1. The molecule has 33 heavy (non-hydrogen) atoms. The Morgan fingerprint density at radius 3 is 2.70 bits per heavy atom. The van der Waals surface area contributed by atoms with Crippen molar-refractivity contribution in [1.82, 2.24) is 15.5 Å². The Morgan fingerprint density at radius 2 is 1.97 bits per heavy atom. The molecule has 8 nitrogen and oxygen atoms in total. The third kappa shape index (κ3) is 6.40. The van der Waals surface area contributed by atoms with Gasteiger partial charge in [-0.15, -0.1) is 10.2 Å². The number of amidine groups is 1. The van der Waals surface area contributed by atoms with Gasteiger partial charge in [-0.3, -0.25) is 9.59 Å². The maximum absolute atomic E-state index is 12.9. The molecule has 4 rings (SSSR count). The van der Waals surface area contributed by atoms with E-state index in [4.69, 9.17) is 4.74 Å². The zero-order valence-electron chi connectivity index (χ0n) is 17.1. The number of aliphatic imine (C=N–C) groups is 1. The number of hydrogen-bond acceptors (Lipinski definition) is 9. The monoisotopic (exact) mass is 501 g/mol. The molecule has 1 fully saturated rings. The van der Waals surface area contributed by atoms with Crippen LogP contribution in [0.15, 0.2) is 62.8 Å². The predicted molar refractivity (Wildman–Crippen MR) is 129 cm³/mol. The first-order chi connectivity index (χ1) is 16.0. The number of hydrogen-bond donors (Lipinski definition) is 2. The first-order valence-corrected chi connectivity index (χ1v) is 12.1. The molecule has 0 spiro atoms. The third-order valence-electron chi connectivity index (χ3n) is 4.11. The molecule has 2 N–H and O–H groups in total. The van der Waals surface area contributed by atoms with Crippen LogP contribution in [-0.4, -0.2) is 40.0 Å². The van der Waals surface area contributed by atoms with Crippen LogP contribution in [0.1, 0.15) is 5.56 Å². The van der Waals surface area contributed by atoms with Crippen LogP contribution in [0.25, 0.3) is 6.08 Å². The Morgan fingerprint density at radius 1 is 1.21 bits per heavy atom. The van der Waals surface area contributed by atoms with E-state index >= 15 is 0 Å². The van der Waals surface area contributed by atoms with Gasteiger partial charge in [0, 0.05) is 5.69 Å². The van der Waals surface area contributed by atoms with Crippen LogP contribution in [0.4, 0.5) is 15.2 Å². The molecule has 0 radical (unpaired) electrons. The van der Waals surface area contributed by atoms with Gasteiger partial charge < -0.3 is 15.4 Å². The summed E-state index contributed by atoms with van der Waals surface area (Å²) in [4.78, 5) is 29.1. The fraction of sp³-hybridized carbons (Fsp3) is 0.0952. The topological polar surface area (TPSA) is 106 Å². The summed E-state index contributed by atoms with van der Waals surface area (Å²) < 4.78 is 18.6. The molecule has 2 amide bonds. The van der Waals surface area contributed by atoms with E-state index in [1.165, 1.54) is 59.1 Å². The van der Waals surface area contributed by atoms with Crippen LogP contribution in [0, 0.1) is 5.82 Å². The number of benzene rings is 2. The molecule has 0 saturated carbocycles. The largest absolute Gasteiger partial charge is 0.497 e. The smallest absolute Gasteiger partial charge is 0.264 e. The Balaban J connectivity index is 1.33.